The van der Waals surface area contributed by atoms with Gasteiger partial charge in [-0.25, -0.2) is 0 Å². The first-order chi connectivity index (χ1) is 12.7. The molecule has 4 heteroatoms. The zero-order chi connectivity index (χ0) is 19.4. The second-order valence-electron chi connectivity index (χ2n) is 8.38. The topological polar surface area (TPSA) is 18.5 Å². The van der Waals surface area contributed by atoms with Crippen LogP contribution >= 0.6 is 11.8 Å². The highest BCUT2D eigenvalue weighted by molar-refractivity contribution is 8.08. The van der Waals surface area contributed by atoms with E-state index in [1.807, 2.05) is 11.8 Å². The predicted octanol–water partition coefficient (Wildman–Crippen LogP) is 4.08. The molecular formula is C23H27BO2S. The highest BCUT2D eigenvalue weighted by atomic mass is 32.2. The number of rotatable bonds is 2. The number of hydrogen-bond acceptors (Lipinski definition) is 3. The van der Waals surface area contributed by atoms with Gasteiger partial charge in [-0.1, -0.05) is 55.1 Å². The van der Waals surface area contributed by atoms with Crippen LogP contribution in [0.4, 0.5) is 0 Å². The summed E-state index contributed by atoms with van der Waals surface area (Å²) in [7, 11) is -0.317. The van der Waals surface area contributed by atoms with Gasteiger partial charge < -0.3 is 9.31 Å². The van der Waals surface area contributed by atoms with Crippen LogP contribution in [0.15, 0.2) is 41.3 Å². The second kappa shape index (κ2) is 6.54. The summed E-state index contributed by atoms with van der Waals surface area (Å²) in [6, 6.07) is 13.2. The fourth-order valence-electron chi connectivity index (χ4n) is 3.77. The van der Waals surface area contributed by atoms with Gasteiger partial charge in [0.1, 0.15) is 0 Å². The van der Waals surface area contributed by atoms with Crippen LogP contribution in [-0.2, 0) is 9.31 Å². The lowest BCUT2D eigenvalue weighted by atomic mass is 9.78. The summed E-state index contributed by atoms with van der Waals surface area (Å²) in [6.45, 7) is 12.8. The van der Waals surface area contributed by atoms with Gasteiger partial charge in [0, 0.05) is 4.90 Å². The number of hydrogen-bond donors (Lipinski definition) is 0. The molecule has 0 bridgehead atoms. The zero-order valence-electron chi connectivity index (χ0n) is 17.1. The van der Waals surface area contributed by atoms with Crippen LogP contribution in [0.5, 0.6) is 0 Å². The lowest BCUT2D eigenvalue weighted by Gasteiger charge is -2.32. The molecule has 0 unspecified atom stereocenters. The molecule has 0 aromatic heterocycles. The molecule has 0 radical (unpaired) electrons. The van der Waals surface area contributed by atoms with Crippen molar-refractivity contribution in [2.75, 3.05) is 0 Å². The standard InChI is InChI=1S/C23H27BO2S/c1-7-9-16-10-8-11-19-18-13-12-17(14-20(18)27-15(2)21(16)19)24-25-22(3,4)23(5,6)26-24/h8-14H,7H2,1-6H3/b16-9-. The fourth-order valence-corrected chi connectivity index (χ4v) is 4.91. The molecule has 1 fully saturated rings. The van der Waals surface area contributed by atoms with E-state index in [-0.39, 0.29) is 18.3 Å². The smallest absolute Gasteiger partial charge is 0.399 e. The number of thioether (sulfide) groups is 1. The minimum atomic E-state index is -0.319. The Morgan fingerprint density at radius 2 is 1.70 bits per heavy atom. The van der Waals surface area contributed by atoms with Gasteiger partial charge in [0.05, 0.1) is 11.2 Å². The number of benzene rings is 2. The van der Waals surface area contributed by atoms with E-state index in [4.69, 9.17) is 9.31 Å². The van der Waals surface area contributed by atoms with Gasteiger partial charge in [0.2, 0.25) is 0 Å². The molecule has 2 nitrogen and oxygen atoms in total. The molecule has 2 heterocycles. The summed E-state index contributed by atoms with van der Waals surface area (Å²) in [5.74, 6) is 0. The van der Waals surface area contributed by atoms with Crippen LogP contribution < -0.4 is 15.9 Å². The third-order valence-corrected chi connectivity index (χ3v) is 7.03. The first kappa shape index (κ1) is 18.9. The molecule has 2 aliphatic rings. The van der Waals surface area contributed by atoms with Crippen molar-refractivity contribution in [2.24, 2.45) is 0 Å². The fraction of sp³-hybridized carbons (Fsp3) is 0.391. The maximum Gasteiger partial charge on any atom is 0.494 e. The maximum atomic E-state index is 6.25. The Kier molecular flexibility index (Phi) is 4.57. The van der Waals surface area contributed by atoms with Gasteiger partial charge in [0.15, 0.2) is 0 Å². The van der Waals surface area contributed by atoms with E-state index < -0.39 is 0 Å². The number of fused-ring (bicyclic) bond motifs is 3. The van der Waals surface area contributed by atoms with Crippen LogP contribution in [0.25, 0.3) is 22.1 Å². The van der Waals surface area contributed by atoms with E-state index in [2.05, 4.69) is 84.0 Å². The average molecular weight is 378 g/mol. The van der Waals surface area contributed by atoms with Crippen molar-refractivity contribution in [3.05, 3.63) is 46.8 Å². The third-order valence-electron chi connectivity index (χ3n) is 5.96. The lowest BCUT2D eigenvalue weighted by Crippen LogP contribution is -2.41. The second-order valence-corrected chi connectivity index (χ2v) is 9.64. The predicted molar refractivity (Wildman–Crippen MR) is 117 cm³/mol. The van der Waals surface area contributed by atoms with E-state index in [9.17, 15) is 0 Å². The molecule has 0 aliphatic carbocycles. The van der Waals surface area contributed by atoms with Gasteiger partial charge in [-0.05, 0) is 79.0 Å². The Morgan fingerprint density at radius 1 is 1.00 bits per heavy atom. The van der Waals surface area contributed by atoms with Crippen molar-refractivity contribution in [1.82, 2.24) is 0 Å². The molecule has 4 rings (SSSR count). The third kappa shape index (κ3) is 3.08. The molecule has 0 amide bonds. The molecule has 0 spiro atoms. The summed E-state index contributed by atoms with van der Waals surface area (Å²) >= 11 is 1.85. The highest BCUT2D eigenvalue weighted by Gasteiger charge is 2.51. The lowest BCUT2D eigenvalue weighted by molar-refractivity contribution is 0.00578. The van der Waals surface area contributed by atoms with E-state index >= 15 is 0 Å². The molecule has 0 N–H and O–H groups in total. The van der Waals surface area contributed by atoms with E-state index in [1.54, 1.807) is 0 Å². The molecule has 140 valence electrons. The zero-order valence-corrected chi connectivity index (χ0v) is 17.9. The molecule has 2 aromatic carbocycles. The van der Waals surface area contributed by atoms with Crippen LogP contribution in [0.3, 0.4) is 0 Å². The van der Waals surface area contributed by atoms with Crippen molar-refractivity contribution in [2.45, 2.75) is 64.1 Å². The molecule has 27 heavy (non-hydrogen) atoms. The van der Waals surface area contributed by atoms with Crippen molar-refractivity contribution >= 4 is 35.3 Å². The Bertz CT molecular complexity index is 1010. The largest absolute Gasteiger partial charge is 0.494 e. The van der Waals surface area contributed by atoms with Gasteiger partial charge >= 0.3 is 7.12 Å². The molecule has 2 aliphatic heterocycles. The Balaban J connectivity index is 1.79. The molecule has 1 saturated heterocycles. The molecule has 2 aromatic rings. The van der Waals surface area contributed by atoms with Gasteiger partial charge in [-0.15, -0.1) is 0 Å². The Morgan fingerprint density at radius 3 is 2.37 bits per heavy atom. The van der Waals surface area contributed by atoms with Crippen LogP contribution in [-0.4, -0.2) is 18.3 Å². The Hall–Kier alpha value is -1.49. The van der Waals surface area contributed by atoms with Crippen LogP contribution in [0.1, 0.15) is 48.0 Å². The van der Waals surface area contributed by atoms with Crippen molar-refractivity contribution < 1.29 is 9.31 Å². The normalized spacial score (nSPS) is 20.6. The minimum Gasteiger partial charge on any atom is -0.399 e. The Labute approximate surface area is 166 Å². The van der Waals surface area contributed by atoms with E-state index in [0.29, 0.717) is 0 Å². The van der Waals surface area contributed by atoms with Crippen molar-refractivity contribution in [3.8, 4) is 11.1 Å². The molecule has 0 saturated carbocycles. The highest BCUT2D eigenvalue weighted by Crippen LogP contribution is 2.39. The summed E-state index contributed by atoms with van der Waals surface area (Å²) in [4.78, 5) is 2.63. The summed E-state index contributed by atoms with van der Waals surface area (Å²) in [5, 5.41) is 2.71. The summed E-state index contributed by atoms with van der Waals surface area (Å²) < 4.78 is 12.5. The SMILES string of the molecule is CC/C=c1/cccc2c1=C(C)Sc1cc(B3OC(C)(C)C(C)(C)O3)ccc1-2. The quantitative estimate of drug-likeness (QED) is 0.734. The van der Waals surface area contributed by atoms with Crippen molar-refractivity contribution in [1.29, 1.82) is 0 Å². The molecule has 0 atom stereocenters. The summed E-state index contributed by atoms with van der Waals surface area (Å²) in [6.07, 6.45) is 3.36. The van der Waals surface area contributed by atoms with Crippen LogP contribution in [0, 0.1) is 0 Å². The van der Waals surface area contributed by atoms with Gasteiger partial charge in [0.25, 0.3) is 0 Å². The maximum absolute atomic E-state index is 6.25. The van der Waals surface area contributed by atoms with Crippen molar-refractivity contribution in [3.63, 3.8) is 0 Å². The average Bonchev–Trinajstić information content (AvgIpc) is 2.82. The molecular weight excluding hydrogens is 351 g/mol. The van der Waals surface area contributed by atoms with E-state index in [0.717, 1.165) is 11.9 Å². The summed E-state index contributed by atoms with van der Waals surface area (Å²) in [5.41, 5.74) is 3.07. The van der Waals surface area contributed by atoms with Gasteiger partial charge in [-0.2, -0.15) is 0 Å². The first-order valence-electron chi connectivity index (χ1n) is 9.71. The first-order valence-corrected chi connectivity index (χ1v) is 10.5. The van der Waals surface area contributed by atoms with Gasteiger partial charge in [-0.3, -0.25) is 0 Å². The minimum absolute atomic E-state index is 0.317. The monoisotopic (exact) mass is 378 g/mol. The van der Waals surface area contributed by atoms with Crippen LogP contribution in [0.2, 0.25) is 0 Å². The van der Waals surface area contributed by atoms with E-state index in [1.165, 1.54) is 31.4 Å².